The van der Waals surface area contributed by atoms with E-state index in [0.717, 1.165) is 25.7 Å². The van der Waals surface area contributed by atoms with E-state index < -0.39 is 0 Å². The summed E-state index contributed by atoms with van der Waals surface area (Å²) in [5.74, 6) is -0.647. The van der Waals surface area contributed by atoms with E-state index in [-0.39, 0.29) is 24.8 Å². The van der Waals surface area contributed by atoms with Gasteiger partial charge < -0.3 is 9.47 Å². The molecule has 128 valence electrons. The van der Waals surface area contributed by atoms with Crippen LogP contribution in [0.5, 0.6) is 0 Å². The number of rotatable bonds is 15. The maximum Gasteiger partial charge on any atom is 0.306 e. The Morgan fingerprint density at radius 3 is 1.86 bits per heavy atom. The molecule has 0 aliphatic rings. The van der Waals surface area contributed by atoms with Crippen molar-refractivity contribution in [1.82, 2.24) is 0 Å². The number of ether oxygens (including phenoxy) is 2. The fraction of sp³-hybridized carbons (Fsp3) is 0.778. The summed E-state index contributed by atoms with van der Waals surface area (Å²) in [6.45, 7) is 6.65. The molecule has 0 aromatic carbocycles. The van der Waals surface area contributed by atoms with Gasteiger partial charge in [0.05, 0.1) is 26.1 Å². The molecule has 0 bridgehead atoms. The zero-order valence-corrected chi connectivity index (χ0v) is 14.1. The van der Waals surface area contributed by atoms with Gasteiger partial charge in [0.2, 0.25) is 0 Å². The summed E-state index contributed by atoms with van der Waals surface area (Å²) in [5, 5.41) is 0. The first-order chi connectivity index (χ1) is 10.7. The molecular weight excluding hydrogens is 280 g/mol. The van der Waals surface area contributed by atoms with Gasteiger partial charge in [-0.05, 0) is 19.3 Å². The monoisotopic (exact) mass is 312 g/mol. The quantitative estimate of drug-likeness (QED) is 0.252. The SMILES string of the molecule is C=CCCCOC(=O)CCC(=O)OCCCCCCCCC. The van der Waals surface area contributed by atoms with Crippen LogP contribution < -0.4 is 0 Å². The van der Waals surface area contributed by atoms with Gasteiger partial charge in [0.15, 0.2) is 0 Å². The fourth-order valence-corrected chi connectivity index (χ4v) is 2.01. The lowest BCUT2D eigenvalue weighted by Crippen LogP contribution is -2.11. The molecule has 0 amide bonds. The first kappa shape index (κ1) is 20.7. The number of esters is 2. The van der Waals surface area contributed by atoms with Crippen molar-refractivity contribution in [3.05, 3.63) is 12.7 Å². The third-order valence-corrected chi connectivity index (χ3v) is 3.36. The highest BCUT2D eigenvalue weighted by Gasteiger charge is 2.08. The van der Waals surface area contributed by atoms with E-state index in [4.69, 9.17) is 9.47 Å². The molecule has 0 aromatic heterocycles. The van der Waals surface area contributed by atoms with Crippen LogP contribution in [0, 0.1) is 0 Å². The highest BCUT2D eigenvalue weighted by molar-refractivity contribution is 5.77. The molecular formula is C18H32O4. The number of unbranched alkanes of at least 4 members (excludes halogenated alkanes) is 7. The second kappa shape index (κ2) is 16.1. The van der Waals surface area contributed by atoms with Crippen LogP contribution in [0.1, 0.15) is 77.6 Å². The first-order valence-electron chi connectivity index (χ1n) is 8.62. The topological polar surface area (TPSA) is 52.6 Å². The second-order valence-corrected chi connectivity index (χ2v) is 5.49. The summed E-state index contributed by atoms with van der Waals surface area (Å²) in [4.78, 5) is 22.8. The van der Waals surface area contributed by atoms with Gasteiger partial charge in [-0.25, -0.2) is 0 Å². The molecule has 0 N–H and O–H groups in total. The van der Waals surface area contributed by atoms with E-state index >= 15 is 0 Å². The summed E-state index contributed by atoms with van der Waals surface area (Å²) in [6, 6.07) is 0. The molecule has 0 fully saturated rings. The van der Waals surface area contributed by atoms with Gasteiger partial charge in [-0.3, -0.25) is 9.59 Å². The molecule has 0 spiro atoms. The molecule has 0 atom stereocenters. The van der Waals surface area contributed by atoms with Crippen LogP contribution >= 0.6 is 0 Å². The van der Waals surface area contributed by atoms with Crippen LogP contribution in [-0.2, 0) is 19.1 Å². The summed E-state index contributed by atoms with van der Waals surface area (Å²) < 4.78 is 10.1. The maximum atomic E-state index is 11.5. The Morgan fingerprint density at radius 1 is 0.818 bits per heavy atom. The predicted octanol–water partition coefficient (Wildman–Crippen LogP) is 4.57. The summed E-state index contributed by atoms with van der Waals surface area (Å²) in [5.41, 5.74) is 0. The van der Waals surface area contributed by atoms with Crippen LogP contribution in [0.3, 0.4) is 0 Å². The van der Waals surface area contributed by atoms with Crippen molar-refractivity contribution >= 4 is 11.9 Å². The minimum Gasteiger partial charge on any atom is -0.466 e. The Hall–Kier alpha value is -1.32. The predicted molar refractivity (Wildman–Crippen MR) is 88.6 cm³/mol. The number of allylic oxidation sites excluding steroid dienone is 1. The average molecular weight is 312 g/mol. The van der Waals surface area contributed by atoms with Crippen molar-refractivity contribution in [1.29, 1.82) is 0 Å². The van der Waals surface area contributed by atoms with Gasteiger partial charge >= 0.3 is 11.9 Å². The lowest BCUT2D eigenvalue weighted by Gasteiger charge is -2.05. The van der Waals surface area contributed by atoms with E-state index in [9.17, 15) is 9.59 Å². The van der Waals surface area contributed by atoms with Crippen molar-refractivity contribution < 1.29 is 19.1 Å². The third-order valence-electron chi connectivity index (χ3n) is 3.36. The highest BCUT2D eigenvalue weighted by atomic mass is 16.5. The van der Waals surface area contributed by atoms with Gasteiger partial charge in [0.25, 0.3) is 0 Å². The summed E-state index contributed by atoms with van der Waals surface area (Å²) >= 11 is 0. The van der Waals surface area contributed by atoms with Crippen molar-refractivity contribution in [2.75, 3.05) is 13.2 Å². The van der Waals surface area contributed by atoms with E-state index in [1.54, 1.807) is 6.08 Å². The van der Waals surface area contributed by atoms with Crippen LogP contribution in [0.4, 0.5) is 0 Å². The van der Waals surface area contributed by atoms with Crippen molar-refractivity contribution in [3.8, 4) is 0 Å². The Bertz CT molecular complexity index is 299. The molecule has 4 nitrogen and oxygen atoms in total. The smallest absolute Gasteiger partial charge is 0.306 e. The number of hydrogen-bond donors (Lipinski definition) is 0. The molecule has 0 radical (unpaired) electrons. The summed E-state index contributed by atoms with van der Waals surface area (Å²) in [7, 11) is 0. The number of hydrogen-bond acceptors (Lipinski definition) is 4. The van der Waals surface area contributed by atoms with Gasteiger partial charge in [-0.2, -0.15) is 0 Å². The first-order valence-corrected chi connectivity index (χ1v) is 8.62. The van der Waals surface area contributed by atoms with E-state index in [1.165, 1.54) is 32.1 Å². The lowest BCUT2D eigenvalue weighted by atomic mass is 10.1. The minimum atomic E-state index is -0.336. The maximum absolute atomic E-state index is 11.5. The van der Waals surface area contributed by atoms with Gasteiger partial charge in [-0.15, -0.1) is 6.58 Å². The van der Waals surface area contributed by atoms with E-state index in [0.29, 0.717) is 13.2 Å². The van der Waals surface area contributed by atoms with E-state index in [1.807, 2.05) is 0 Å². The molecule has 0 rings (SSSR count). The van der Waals surface area contributed by atoms with Gasteiger partial charge in [0, 0.05) is 0 Å². The molecule has 0 aromatic rings. The van der Waals surface area contributed by atoms with Crippen LogP contribution in [0.15, 0.2) is 12.7 Å². The zero-order chi connectivity index (χ0) is 16.5. The Labute approximate surface area is 135 Å². The molecule has 0 aliphatic carbocycles. The van der Waals surface area contributed by atoms with Crippen LogP contribution in [-0.4, -0.2) is 25.2 Å². The third kappa shape index (κ3) is 15.1. The van der Waals surface area contributed by atoms with Gasteiger partial charge in [-0.1, -0.05) is 51.5 Å². The normalized spacial score (nSPS) is 10.2. The van der Waals surface area contributed by atoms with Crippen molar-refractivity contribution in [2.45, 2.75) is 77.6 Å². The van der Waals surface area contributed by atoms with E-state index in [2.05, 4.69) is 13.5 Å². The largest absolute Gasteiger partial charge is 0.466 e. The molecule has 22 heavy (non-hydrogen) atoms. The van der Waals surface area contributed by atoms with Crippen molar-refractivity contribution in [3.63, 3.8) is 0 Å². The molecule has 0 aliphatic heterocycles. The fourth-order valence-electron chi connectivity index (χ4n) is 2.01. The Balaban J connectivity index is 3.35. The molecule has 0 unspecified atom stereocenters. The van der Waals surface area contributed by atoms with Crippen LogP contribution in [0.2, 0.25) is 0 Å². The Morgan fingerprint density at radius 2 is 1.32 bits per heavy atom. The lowest BCUT2D eigenvalue weighted by molar-refractivity contribution is -0.150. The molecule has 0 saturated carbocycles. The zero-order valence-electron chi connectivity index (χ0n) is 14.1. The molecule has 0 saturated heterocycles. The summed E-state index contributed by atoms with van der Waals surface area (Å²) in [6.07, 6.45) is 11.9. The molecule has 4 heteroatoms. The minimum absolute atomic E-state index is 0.101. The average Bonchev–Trinajstić information content (AvgIpc) is 2.52. The standard InChI is InChI=1S/C18H32O4/c1-3-5-7-8-9-10-12-16-22-18(20)14-13-17(19)21-15-11-6-4-2/h4H,2-3,5-16H2,1H3. The van der Waals surface area contributed by atoms with Crippen molar-refractivity contribution in [2.24, 2.45) is 0 Å². The highest BCUT2D eigenvalue weighted by Crippen LogP contribution is 2.07. The molecule has 0 heterocycles. The second-order valence-electron chi connectivity index (χ2n) is 5.49. The van der Waals surface area contributed by atoms with Crippen LogP contribution in [0.25, 0.3) is 0 Å². The number of carbonyl (C=O) groups excluding carboxylic acids is 2. The Kier molecular flexibility index (Phi) is 15.1. The number of carbonyl (C=O) groups is 2. The van der Waals surface area contributed by atoms with Gasteiger partial charge in [0.1, 0.15) is 0 Å².